The van der Waals surface area contributed by atoms with E-state index >= 15 is 0 Å². The number of aromatic nitrogens is 4. The zero-order valence-electron chi connectivity index (χ0n) is 18.4. The van der Waals surface area contributed by atoms with E-state index in [9.17, 15) is 5.11 Å². The van der Waals surface area contributed by atoms with Crippen LogP contribution in [0.1, 0.15) is 38.5 Å². The lowest BCUT2D eigenvalue weighted by Gasteiger charge is -2.41. The molecule has 166 valence electrons. The maximum atomic E-state index is 10.4. The highest BCUT2D eigenvalue weighted by Crippen LogP contribution is 2.44. The average molecular weight is 431 g/mol. The van der Waals surface area contributed by atoms with Crippen molar-refractivity contribution >= 4 is 16.7 Å². The zero-order chi connectivity index (χ0) is 21.5. The van der Waals surface area contributed by atoms with Gasteiger partial charge in [-0.3, -0.25) is 14.9 Å². The Labute approximate surface area is 188 Å². The van der Waals surface area contributed by atoms with E-state index in [1.807, 2.05) is 30.6 Å². The molecule has 3 aliphatic rings. The van der Waals surface area contributed by atoms with Gasteiger partial charge in [-0.15, -0.1) is 0 Å². The van der Waals surface area contributed by atoms with Crippen LogP contribution in [0.25, 0.3) is 22.3 Å². The van der Waals surface area contributed by atoms with Crippen LogP contribution in [-0.4, -0.2) is 68.3 Å². The van der Waals surface area contributed by atoms with Crippen molar-refractivity contribution < 1.29 is 5.11 Å². The summed E-state index contributed by atoms with van der Waals surface area (Å²) in [6.07, 6.45) is 14.0. The number of nitrogens with zero attached hydrogens (tertiary/aromatic N) is 6. The summed E-state index contributed by atoms with van der Waals surface area (Å²) in [5.41, 5.74) is 2.24. The molecule has 0 unspecified atom stereocenters. The van der Waals surface area contributed by atoms with E-state index in [-0.39, 0.29) is 6.10 Å². The standard InChI is InChI=1S/C25H30N6O/c32-22-3-1-2-21(22)31-15-9-25(17-31)7-13-30(14-8-25)24-19-6-12-27-16-20(19)28-23(29-24)18-4-10-26-11-5-18/h4-6,10-12,16,21-22,32H,1-3,7-9,13-15,17H2/t21-,22-/m0/s1. The Kier molecular flexibility index (Phi) is 5.03. The van der Waals surface area contributed by atoms with Gasteiger partial charge < -0.3 is 10.0 Å². The van der Waals surface area contributed by atoms with E-state index in [0.717, 1.165) is 67.1 Å². The molecule has 3 aromatic rings. The molecule has 6 rings (SSSR count). The van der Waals surface area contributed by atoms with E-state index in [1.54, 1.807) is 12.4 Å². The molecule has 32 heavy (non-hydrogen) atoms. The highest BCUT2D eigenvalue weighted by Gasteiger charge is 2.44. The first-order chi connectivity index (χ1) is 15.7. The molecule has 1 saturated carbocycles. The van der Waals surface area contributed by atoms with Crippen LogP contribution in [0.2, 0.25) is 0 Å². The Bertz CT molecular complexity index is 1100. The topological polar surface area (TPSA) is 78.3 Å². The highest BCUT2D eigenvalue weighted by atomic mass is 16.3. The molecule has 7 nitrogen and oxygen atoms in total. The summed E-state index contributed by atoms with van der Waals surface area (Å²) in [4.78, 5) is 23.2. The summed E-state index contributed by atoms with van der Waals surface area (Å²) in [6.45, 7) is 4.28. The summed E-state index contributed by atoms with van der Waals surface area (Å²) in [5, 5.41) is 11.4. The van der Waals surface area contributed by atoms with Crippen molar-refractivity contribution in [1.29, 1.82) is 0 Å². The molecular weight excluding hydrogens is 400 g/mol. The third kappa shape index (κ3) is 3.53. The minimum absolute atomic E-state index is 0.127. The van der Waals surface area contributed by atoms with Crippen molar-refractivity contribution in [3.8, 4) is 11.4 Å². The van der Waals surface area contributed by atoms with E-state index in [0.29, 0.717) is 11.5 Å². The quantitative estimate of drug-likeness (QED) is 0.683. The summed E-state index contributed by atoms with van der Waals surface area (Å²) in [5.74, 6) is 1.74. The fourth-order valence-electron chi connectivity index (χ4n) is 6.04. The Hall–Kier alpha value is -2.64. The van der Waals surface area contributed by atoms with Crippen LogP contribution in [0.3, 0.4) is 0 Å². The lowest BCUT2D eigenvalue weighted by Crippen LogP contribution is -2.44. The molecule has 1 aliphatic carbocycles. The van der Waals surface area contributed by atoms with Gasteiger partial charge in [0.05, 0.1) is 17.8 Å². The molecule has 1 spiro atoms. The predicted molar refractivity (Wildman–Crippen MR) is 124 cm³/mol. The summed E-state index contributed by atoms with van der Waals surface area (Å²) >= 11 is 0. The number of pyridine rings is 2. The van der Waals surface area contributed by atoms with Gasteiger partial charge in [0.15, 0.2) is 5.82 Å². The third-order valence-electron chi connectivity index (χ3n) is 7.92. The molecule has 0 amide bonds. The van der Waals surface area contributed by atoms with Gasteiger partial charge in [-0.1, -0.05) is 0 Å². The van der Waals surface area contributed by atoms with Crippen LogP contribution >= 0.6 is 0 Å². The number of hydrogen-bond donors (Lipinski definition) is 1. The number of likely N-dealkylation sites (tertiary alicyclic amines) is 1. The molecule has 1 N–H and O–H groups in total. The zero-order valence-corrected chi connectivity index (χ0v) is 18.4. The fraction of sp³-hybridized carbons (Fsp3) is 0.520. The molecule has 0 bridgehead atoms. The third-order valence-corrected chi connectivity index (χ3v) is 7.92. The molecular formula is C25H30N6O. The minimum atomic E-state index is -0.127. The van der Waals surface area contributed by atoms with Crippen LogP contribution in [0.5, 0.6) is 0 Å². The van der Waals surface area contributed by atoms with Crippen LogP contribution in [0.4, 0.5) is 5.82 Å². The number of anilines is 1. The van der Waals surface area contributed by atoms with Crippen molar-refractivity contribution in [2.75, 3.05) is 31.1 Å². The van der Waals surface area contributed by atoms with Crippen LogP contribution < -0.4 is 4.90 Å². The first-order valence-electron chi connectivity index (χ1n) is 11.9. The maximum Gasteiger partial charge on any atom is 0.162 e. The second-order valence-electron chi connectivity index (χ2n) is 9.77. The molecule has 0 radical (unpaired) electrons. The van der Waals surface area contributed by atoms with Gasteiger partial charge in [0.25, 0.3) is 0 Å². The van der Waals surface area contributed by atoms with Gasteiger partial charge in [-0.25, -0.2) is 9.97 Å². The molecule has 2 saturated heterocycles. The van der Waals surface area contributed by atoms with Gasteiger partial charge in [-0.2, -0.15) is 0 Å². The number of rotatable bonds is 3. The molecule has 3 fully saturated rings. The predicted octanol–water partition coefficient (Wildman–Crippen LogP) is 3.29. The van der Waals surface area contributed by atoms with E-state index in [4.69, 9.17) is 9.97 Å². The van der Waals surface area contributed by atoms with Crippen LogP contribution in [-0.2, 0) is 0 Å². The summed E-state index contributed by atoms with van der Waals surface area (Å²) in [6, 6.07) is 6.33. The number of piperidine rings is 1. The van der Waals surface area contributed by atoms with Crippen molar-refractivity contribution in [3.63, 3.8) is 0 Å². The first kappa shape index (κ1) is 20.0. The Morgan fingerprint density at radius 1 is 0.906 bits per heavy atom. The largest absolute Gasteiger partial charge is 0.391 e. The van der Waals surface area contributed by atoms with E-state index < -0.39 is 0 Å². The lowest BCUT2D eigenvalue weighted by molar-refractivity contribution is 0.0743. The van der Waals surface area contributed by atoms with Gasteiger partial charge in [0.2, 0.25) is 0 Å². The van der Waals surface area contributed by atoms with Crippen molar-refractivity contribution in [2.24, 2.45) is 5.41 Å². The normalized spacial score (nSPS) is 25.7. The molecule has 0 aromatic carbocycles. The Morgan fingerprint density at radius 3 is 2.47 bits per heavy atom. The van der Waals surface area contributed by atoms with Gasteiger partial charge in [-0.05, 0) is 68.7 Å². The fourth-order valence-corrected chi connectivity index (χ4v) is 6.04. The Balaban J connectivity index is 1.24. The summed E-state index contributed by atoms with van der Waals surface area (Å²) < 4.78 is 0. The second kappa shape index (κ2) is 8.05. The van der Waals surface area contributed by atoms with Crippen LogP contribution in [0, 0.1) is 5.41 Å². The van der Waals surface area contributed by atoms with Crippen molar-refractivity contribution in [1.82, 2.24) is 24.8 Å². The minimum Gasteiger partial charge on any atom is -0.391 e. The maximum absolute atomic E-state index is 10.4. The first-order valence-corrected chi connectivity index (χ1v) is 11.9. The SMILES string of the molecule is O[C@H]1CCC[C@@H]1N1CCC2(CCN(c3nc(-c4ccncc4)nc4cnccc34)CC2)C1. The highest BCUT2D eigenvalue weighted by molar-refractivity contribution is 5.90. The van der Waals surface area contributed by atoms with Crippen LogP contribution in [0.15, 0.2) is 43.0 Å². The molecule has 7 heteroatoms. The number of aliphatic hydroxyl groups is 1. The van der Waals surface area contributed by atoms with E-state index in [2.05, 4.69) is 19.8 Å². The van der Waals surface area contributed by atoms with Gasteiger partial charge >= 0.3 is 0 Å². The monoisotopic (exact) mass is 430 g/mol. The Morgan fingerprint density at radius 2 is 1.69 bits per heavy atom. The molecule has 5 heterocycles. The number of fused-ring (bicyclic) bond motifs is 1. The van der Waals surface area contributed by atoms with Gasteiger partial charge in [0, 0.05) is 55.2 Å². The number of hydrogen-bond acceptors (Lipinski definition) is 7. The smallest absolute Gasteiger partial charge is 0.162 e. The average Bonchev–Trinajstić information content (AvgIpc) is 3.45. The number of aliphatic hydroxyl groups excluding tert-OH is 1. The lowest BCUT2D eigenvalue weighted by atomic mass is 9.77. The van der Waals surface area contributed by atoms with Crippen molar-refractivity contribution in [2.45, 2.75) is 50.7 Å². The van der Waals surface area contributed by atoms with Gasteiger partial charge in [0.1, 0.15) is 5.82 Å². The summed E-state index contributed by atoms with van der Waals surface area (Å²) in [7, 11) is 0. The molecule has 2 atom stereocenters. The van der Waals surface area contributed by atoms with E-state index in [1.165, 1.54) is 25.7 Å². The molecule has 2 aliphatic heterocycles. The second-order valence-corrected chi connectivity index (χ2v) is 9.77. The van der Waals surface area contributed by atoms with Crippen molar-refractivity contribution in [3.05, 3.63) is 43.0 Å². The molecule has 3 aromatic heterocycles.